The number of rotatable bonds is 3. The predicted octanol–water partition coefficient (Wildman–Crippen LogP) is 2.24. The highest BCUT2D eigenvalue weighted by molar-refractivity contribution is 6.35. The lowest BCUT2D eigenvalue weighted by molar-refractivity contribution is 0.744. The van der Waals surface area contributed by atoms with Crippen molar-refractivity contribution in [1.29, 1.82) is 0 Å². The Morgan fingerprint density at radius 3 is 3.00 bits per heavy atom. The van der Waals surface area contributed by atoms with Crippen molar-refractivity contribution in [2.45, 2.75) is 6.42 Å². The highest BCUT2D eigenvalue weighted by Crippen LogP contribution is 2.25. The standard InChI is InChI=1S/C13H15ClN4/c1-15-7-6-9-8-18-11-5-3-4-10(14)12(11)16-13(18)17(9)2/h3-5,8,15H,6-7H2,1-2H3. The fraction of sp³-hybridized carbons (Fsp3) is 0.308. The molecule has 0 aliphatic carbocycles. The molecule has 1 aromatic carbocycles. The molecule has 94 valence electrons. The van der Waals surface area contributed by atoms with E-state index in [9.17, 15) is 0 Å². The van der Waals surface area contributed by atoms with Gasteiger partial charge in [-0.25, -0.2) is 4.98 Å². The molecular weight excluding hydrogens is 248 g/mol. The van der Waals surface area contributed by atoms with Crippen LogP contribution in [0.2, 0.25) is 5.02 Å². The zero-order valence-electron chi connectivity index (χ0n) is 10.4. The van der Waals surface area contributed by atoms with Gasteiger partial charge in [-0.15, -0.1) is 0 Å². The van der Waals surface area contributed by atoms with Crippen molar-refractivity contribution in [1.82, 2.24) is 19.3 Å². The Morgan fingerprint density at radius 1 is 1.39 bits per heavy atom. The fourth-order valence-electron chi connectivity index (χ4n) is 2.28. The molecule has 3 rings (SSSR count). The number of fused-ring (bicyclic) bond motifs is 3. The van der Waals surface area contributed by atoms with E-state index in [4.69, 9.17) is 11.6 Å². The number of imidazole rings is 2. The number of benzene rings is 1. The molecule has 5 heteroatoms. The molecule has 1 N–H and O–H groups in total. The average Bonchev–Trinajstić information content (AvgIpc) is 2.87. The largest absolute Gasteiger partial charge is 0.319 e. The number of aromatic nitrogens is 3. The number of nitrogens with zero attached hydrogens (tertiary/aromatic N) is 3. The van der Waals surface area contributed by atoms with Crippen molar-refractivity contribution in [2.24, 2.45) is 7.05 Å². The van der Waals surface area contributed by atoms with Crippen LogP contribution in [0.15, 0.2) is 24.4 Å². The van der Waals surface area contributed by atoms with Gasteiger partial charge in [-0.05, 0) is 19.2 Å². The van der Waals surface area contributed by atoms with Gasteiger partial charge in [0.2, 0.25) is 5.78 Å². The first-order valence-electron chi connectivity index (χ1n) is 5.98. The lowest BCUT2D eigenvalue weighted by Crippen LogP contribution is -2.12. The molecule has 0 saturated heterocycles. The second kappa shape index (κ2) is 4.30. The summed E-state index contributed by atoms with van der Waals surface area (Å²) in [5.74, 6) is 0.934. The second-order valence-electron chi connectivity index (χ2n) is 4.42. The zero-order chi connectivity index (χ0) is 12.7. The summed E-state index contributed by atoms with van der Waals surface area (Å²) in [6.07, 6.45) is 3.12. The Bertz CT molecular complexity index is 710. The molecule has 0 atom stereocenters. The van der Waals surface area contributed by atoms with Crippen LogP contribution in [-0.4, -0.2) is 27.5 Å². The number of hydrogen-bond donors (Lipinski definition) is 1. The Labute approximate surface area is 110 Å². The SMILES string of the molecule is CNCCc1cn2c3cccc(Cl)c3nc2n1C. The molecule has 3 aromatic rings. The van der Waals surface area contributed by atoms with Gasteiger partial charge >= 0.3 is 0 Å². The van der Waals surface area contributed by atoms with Crippen LogP contribution in [0.4, 0.5) is 0 Å². The van der Waals surface area contributed by atoms with Crippen molar-refractivity contribution in [3.8, 4) is 0 Å². The van der Waals surface area contributed by atoms with E-state index in [1.807, 2.05) is 32.3 Å². The minimum atomic E-state index is 0.702. The Hall–Kier alpha value is -1.52. The van der Waals surface area contributed by atoms with Gasteiger partial charge in [0.25, 0.3) is 0 Å². The molecule has 0 radical (unpaired) electrons. The normalized spacial score (nSPS) is 11.7. The molecule has 0 bridgehead atoms. The summed E-state index contributed by atoms with van der Waals surface area (Å²) in [5.41, 5.74) is 3.18. The van der Waals surface area contributed by atoms with Crippen molar-refractivity contribution in [2.75, 3.05) is 13.6 Å². The highest BCUT2D eigenvalue weighted by Gasteiger charge is 2.12. The third kappa shape index (κ3) is 1.61. The Morgan fingerprint density at radius 2 is 2.22 bits per heavy atom. The Kier molecular flexibility index (Phi) is 2.76. The van der Waals surface area contributed by atoms with Crippen LogP contribution < -0.4 is 5.32 Å². The van der Waals surface area contributed by atoms with E-state index in [1.165, 1.54) is 5.69 Å². The topological polar surface area (TPSA) is 34.3 Å². The van der Waals surface area contributed by atoms with Gasteiger partial charge in [0.1, 0.15) is 5.52 Å². The maximum atomic E-state index is 6.17. The number of hydrogen-bond acceptors (Lipinski definition) is 2. The van der Waals surface area contributed by atoms with Crippen LogP contribution in [0.25, 0.3) is 16.8 Å². The molecule has 18 heavy (non-hydrogen) atoms. The van der Waals surface area contributed by atoms with E-state index in [2.05, 4.69) is 25.5 Å². The monoisotopic (exact) mass is 262 g/mol. The zero-order valence-corrected chi connectivity index (χ0v) is 11.2. The summed E-state index contributed by atoms with van der Waals surface area (Å²) in [4.78, 5) is 4.62. The minimum absolute atomic E-state index is 0.702. The van der Waals surface area contributed by atoms with Crippen molar-refractivity contribution in [3.05, 3.63) is 35.1 Å². The van der Waals surface area contributed by atoms with Crippen molar-refractivity contribution < 1.29 is 0 Å². The van der Waals surface area contributed by atoms with Crippen LogP contribution in [0, 0.1) is 0 Å². The number of likely N-dealkylation sites (N-methyl/N-ethyl adjacent to an activating group) is 1. The molecule has 0 aliphatic heterocycles. The number of aryl methyl sites for hydroxylation is 1. The third-order valence-corrected chi connectivity index (χ3v) is 3.60. The first kappa shape index (κ1) is 11.6. The lowest BCUT2D eigenvalue weighted by atomic mass is 10.3. The molecule has 0 spiro atoms. The number of halogens is 1. The molecule has 2 heterocycles. The number of nitrogens with one attached hydrogen (secondary N) is 1. The third-order valence-electron chi connectivity index (χ3n) is 3.29. The van der Waals surface area contributed by atoms with E-state index < -0.39 is 0 Å². The van der Waals surface area contributed by atoms with Gasteiger partial charge < -0.3 is 9.88 Å². The average molecular weight is 263 g/mol. The smallest absolute Gasteiger partial charge is 0.214 e. The second-order valence-corrected chi connectivity index (χ2v) is 4.83. The van der Waals surface area contributed by atoms with Crippen LogP contribution in [0.3, 0.4) is 0 Å². The van der Waals surface area contributed by atoms with E-state index in [1.54, 1.807) is 0 Å². The van der Waals surface area contributed by atoms with Gasteiger partial charge in [-0.2, -0.15) is 0 Å². The summed E-state index contributed by atoms with van der Waals surface area (Å²) in [5, 5.41) is 3.86. The molecular formula is C13H15ClN4. The van der Waals surface area contributed by atoms with Crippen molar-refractivity contribution >= 4 is 28.4 Å². The van der Waals surface area contributed by atoms with Crippen LogP contribution in [0.5, 0.6) is 0 Å². The first-order chi connectivity index (χ1) is 8.72. The Balaban J connectivity index is 2.23. The molecule has 0 amide bonds. The summed E-state index contributed by atoms with van der Waals surface area (Å²) >= 11 is 6.17. The van der Waals surface area contributed by atoms with Crippen molar-refractivity contribution in [3.63, 3.8) is 0 Å². The van der Waals surface area contributed by atoms with E-state index >= 15 is 0 Å². The van der Waals surface area contributed by atoms with Gasteiger partial charge in [-0.3, -0.25) is 4.40 Å². The first-order valence-corrected chi connectivity index (χ1v) is 6.35. The van der Waals surface area contributed by atoms with Crippen LogP contribution in [-0.2, 0) is 13.5 Å². The van der Waals surface area contributed by atoms with Crippen LogP contribution >= 0.6 is 11.6 Å². The fourth-order valence-corrected chi connectivity index (χ4v) is 2.50. The minimum Gasteiger partial charge on any atom is -0.319 e. The summed E-state index contributed by atoms with van der Waals surface area (Å²) in [6.45, 7) is 0.958. The van der Waals surface area contributed by atoms with Gasteiger partial charge in [0, 0.05) is 31.9 Å². The summed E-state index contributed by atoms with van der Waals surface area (Å²) in [7, 11) is 4.00. The van der Waals surface area contributed by atoms with E-state index in [-0.39, 0.29) is 0 Å². The van der Waals surface area contributed by atoms with Crippen LogP contribution in [0.1, 0.15) is 5.69 Å². The maximum absolute atomic E-state index is 6.17. The number of para-hydroxylation sites is 1. The van der Waals surface area contributed by atoms with Gasteiger partial charge in [-0.1, -0.05) is 17.7 Å². The predicted molar refractivity (Wildman–Crippen MR) is 74.3 cm³/mol. The quantitative estimate of drug-likeness (QED) is 0.786. The lowest BCUT2D eigenvalue weighted by Gasteiger charge is -2.01. The molecule has 0 saturated carbocycles. The molecule has 2 aromatic heterocycles. The highest BCUT2D eigenvalue weighted by atomic mass is 35.5. The summed E-state index contributed by atoms with van der Waals surface area (Å²) < 4.78 is 4.22. The van der Waals surface area contributed by atoms with Gasteiger partial charge in [0.05, 0.1) is 10.5 Å². The maximum Gasteiger partial charge on any atom is 0.214 e. The van der Waals surface area contributed by atoms with E-state index in [0.29, 0.717) is 5.02 Å². The summed E-state index contributed by atoms with van der Waals surface area (Å²) in [6, 6.07) is 5.88. The molecule has 0 fully saturated rings. The molecule has 4 nitrogen and oxygen atoms in total. The van der Waals surface area contributed by atoms with E-state index in [0.717, 1.165) is 29.8 Å². The molecule has 0 unspecified atom stereocenters. The van der Waals surface area contributed by atoms with Gasteiger partial charge in [0.15, 0.2) is 0 Å². The molecule has 0 aliphatic rings.